The molecule has 3 aromatic rings. The number of pyridine rings is 1. The SMILES string of the molecule is C=C[C@H]1C[C@]1(NC(=O)[C@@H]1CC(Oc2cc(-c3ccccc3)nc3ccc([N+](=O)[O-])cc23)CN1C(=O)[C@@H](NC(=O)OC(C)(C)C)C1CCCCC1)C(=O)O. The van der Waals surface area contributed by atoms with Gasteiger partial charge in [0.05, 0.1) is 22.7 Å². The number of carbonyl (C=O) groups excluding carboxylic acids is 3. The molecule has 2 aromatic carbocycles. The zero-order valence-corrected chi connectivity index (χ0v) is 30.1. The Labute approximate surface area is 307 Å². The molecule has 53 heavy (non-hydrogen) atoms. The number of non-ortho nitro benzene ring substituents is 1. The number of aliphatic carboxylic acids is 1. The third kappa shape index (κ3) is 8.11. The van der Waals surface area contributed by atoms with Gasteiger partial charge < -0.3 is 30.1 Å². The number of carboxylic acids is 1. The van der Waals surface area contributed by atoms with Gasteiger partial charge in [-0.1, -0.05) is 55.7 Å². The number of hydrogen-bond donors (Lipinski definition) is 3. The van der Waals surface area contributed by atoms with Gasteiger partial charge in [-0.15, -0.1) is 6.58 Å². The van der Waals surface area contributed by atoms with Gasteiger partial charge in [0.25, 0.3) is 5.69 Å². The maximum absolute atomic E-state index is 14.7. The lowest BCUT2D eigenvalue weighted by Crippen LogP contribution is -2.58. The van der Waals surface area contributed by atoms with Crippen LogP contribution in [0, 0.1) is 22.0 Å². The quantitative estimate of drug-likeness (QED) is 0.124. The Morgan fingerprint density at radius 1 is 1.09 bits per heavy atom. The number of carboxylic acid groups (broad SMARTS) is 1. The number of aromatic nitrogens is 1. The first-order chi connectivity index (χ1) is 25.2. The molecule has 5 atom stereocenters. The fourth-order valence-electron chi connectivity index (χ4n) is 7.49. The van der Waals surface area contributed by atoms with Gasteiger partial charge in [-0.2, -0.15) is 0 Å². The minimum absolute atomic E-state index is 0.0186. The molecular weight excluding hydrogens is 682 g/mol. The fourth-order valence-corrected chi connectivity index (χ4v) is 7.49. The van der Waals surface area contributed by atoms with Crippen LogP contribution in [0.3, 0.4) is 0 Å². The van der Waals surface area contributed by atoms with Crippen LogP contribution in [-0.4, -0.2) is 79.7 Å². The molecule has 14 heteroatoms. The molecule has 0 bridgehead atoms. The smallest absolute Gasteiger partial charge is 0.408 e. The summed E-state index contributed by atoms with van der Waals surface area (Å²) in [5.74, 6) is -2.82. The monoisotopic (exact) mass is 727 g/mol. The molecule has 3 amide bonds. The molecule has 3 fully saturated rings. The van der Waals surface area contributed by atoms with Crippen molar-refractivity contribution in [3.8, 4) is 17.0 Å². The van der Waals surface area contributed by atoms with E-state index < -0.39 is 64.0 Å². The van der Waals surface area contributed by atoms with Crippen LogP contribution < -0.4 is 15.4 Å². The zero-order chi connectivity index (χ0) is 38.1. The number of amides is 3. The molecule has 14 nitrogen and oxygen atoms in total. The molecular formula is C39H45N5O9. The second-order valence-electron chi connectivity index (χ2n) is 15.1. The summed E-state index contributed by atoms with van der Waals surface area (Å²) in [5.41, 5.74) is -0.762. The van der Waals surface area contributed by atoms with Crippen LogP contribution in [0.15, 0.2) is 67.3 Å². The molecule has 3 N–H and O–H groups in total. The van der Waals surface area contributed by atoms with E-state index in [0.29, 0.717) is 29.4 Å². The van der Waals surface area contributed by atoms with E-state index in [4.69, 9.17) is 14.5 Å². The van der Waals surface area contributed by atoms with Crippen molar-refractivity contribution < 1.29 is 38.7 Å². The number of nitrogens with one attached hydrogen (secondary N) is 2. The normalized spacial score (nSPS) is 23.5. The van der Waals surface area contributed by atoms with Gasteiger partial charge in [0.15, 0.2) is 0 Å². The molecule has 3 aliphatic rings. The standard InChI is InChI=1S/C39H45N5O9/c1-5-25-21-39(25,36(47)48)42-34(45)31-19-27(22-43(31)35(46)33(24-14-10-7-11-15-24)41-37(49)53-38(2,3)4)52-32-20-30(23-12-8-6-9-13-23)40-29-17-16-26(44(50)51)18-28(29)32/h5-6,8-9,12-13,16-18,20,24-25,27,31,33H,1,7,10-11,14-15,19,21-22H2,2-4H3,(H,41,49)(H,42,45)(H,47,48)/t25-,27?,31-,33-,39+/m0/s1. The molecule has 1 aromatic heterocycles. The number of likely N-dealkylation sites (tertiary alicyclic amines) is 1. The van der Waals surface area contributed by atoms with Crippen molar-refractivity contribution >= 4 is 40.5 Å². The van der Waals surface area contributed by atoms with E-state index in [0.717, 1.165) is 24.8 Å². The summed E-state index contributed by atoms with van der Waals surface area (Å²) >= 11 is 0. The summed E-state index contributed by atoms with van der Waals surface area (Å²) < 4.78 is 12.1. The van der Waals surface area contributed by atoms with Crippen LogP contribution in [0.5, 0.6) is 5.75 Å². The number of nitro groups is 1. The van der Waals surface area contributed by atoms with Gasteiger partial charge in [0, 0.05) is 41.5 Å². The van der Waals surface area contributed by atoms with E-state index in [2.05, 4.69) is 17.2 Å². The fraction of sp³-hybridized carbons (Fsp3) is 0.462. The molecule has 0 radical (unpaired) electrons. The minimum atomic E-state index is -1.55. The average Bonchev–Trinajstić information content (AvgIpc) is 3.69. The maximum Gasteiger partial charge on any atom is 0.408 e. The number of fused-ring (bicyclic) bond motifs is 1. The number of nitrogens with zero attached hydrogens (tertiary/aromatic N) is 3. The van der Waals surface area contributed by atoms with E-state index in [9.17, 15) is 34.4 Å². The largest absolute Gasteiger partial charge is 0.488 e. The number of nitro benzene ring substituents is 1. The van der Waals surface area contributed by atoms with Crippen molar-refractivity contribution in [2.45, 2.75) is 95.0 Å². The number of carbonyl (C=O) groups is 4. The molecule has 6 rings (SSSR count). The molecule has 2 aliphatic carbocycles. The van der Waals surface area contributed by atoms with Crippen molar-refractivity contribution in [1.82, 2.24) is 20.5 Å². The number of hydrogen-bond acceptors (Lipinski definition) is 9. The Hall–Kier alpha value is -5.53. The van der Waals surface area contributed by atoms with Crippen molar-refractivity contribution in [1.29, 1.82) is 0 Å². The Balaban J connectivity index is 1.36. The van der Waals surface area contributed by atoms with Crippen LogP contribution in [0.2, 0.25) is 0 Å². The van der Waals surface area contributed by atoms with Crippen molar-refractivity contribution in [3.05, 3.63) is 77.4 Å². The lowest BCUT2D eigenvalue weighted by molar-refractivity contribution is -0.384. The maximum atomic E-state index is 14.7. The van der Waals surface area contributed by atoms with Crippen molar-refractivity contribution in [3.63, 3.8) is 0 Å². The highest BCUT2D eigenvalue weighted by molar-refractivity contribution is 5.96. The number of ether oxygens (including phenoxy) is 2. The van der Waals surface area contributed by atoms with Crippen LogP contribution in [-0.2, 0) is 19.1 Å². The van der Waals surface area contributed by atoms with E-state index in [-0.39, 0.29) is 36.7 Å². The van der Waals surface area contributed by atoms with Crippen LogP contribution in [0.25, 0.3) is 22.2 Å². The summed E-state index contributed by atoms with van der Waals surface area (Å²) in [6.45, 7) is 8.79. The van der Waals surface area contributed by atoms with Crippen LogP contribution >= 0.6 is 0 Å². The molecule has 2 heterocycles. The first kappa shape index (κ1) is 37.2. The van der Waals surface area contributed by atoms with Crippen molar-refractivity contribution in [2.24, 2.45) is 11.8 Å². The summed E-state index contributed by atoms with van der Waals surface area (Å²) in [5, 5.41) is 27.7. The summed E-state index contributed by atoms with van der Waals surface area (Å²) in [7, 11) is 0. The summed E-state index contributed by atoms with van der Waals surface area (Å²) in [4.78, 5) is 71.5. The predicted molar refractivity (Wildman–Crippen MR) is 195 cm³/mol. The van der Waals surface area contributed by atoms with Crippen molar-refractivity contribution in [2.75, 3.05) is 6.54 Å². The highest BCUT2D eigenvalue weighted by Gasteiger charge is 2.61. The van der Waals surface area contributed by atoms with Gasteiger partial charge in [0.1, 0.15) is 35.1 Å². The molecule has 0 spiro atoms. The summed E-state index contributed by atoms with van der Waals surface area (Å²) in [6, 6.07) is 13.1. The van der Waals surface area contributed by atoms with Gasteiger partial charge in [-0.3, -0.25) is 19.7 Å². The number of benzene rings is 2. The third-order valence-corrected chi connectivity index (χ3v) is 10.3. The van der Waals surface area contributed by atoms with Gasteiger partial charge in [-0.25, -0.2) is 14.6 Å². The highest BCUT2D eigenvalue weighted by atomic mass is 16.6. The van der Waals surface area contributed by atoms with E-state index in [1.165, 1.54) is 23.1 Å². The molecule has 1 saturated heterocycles. The molecule has 2 saturated carbocycles. The molecule has 1 unspecified atom stereocenters. The summed E-state index contributed by atoms with van der Waals surface area (Å²) in [6.07, 6.45) is 4.18. The van der Waals surface area contributed by atoms with Crippen LogP contribution in [0.1, 0.15) is 65.7 Å². The van der Waals surface area contributed by atoms with E-state index >= 15 is 0 Å². The van der Waals surface area contributed by atoms with Crippen LogP contribution in [0.4, 0.5) is 10.5 Å². The van der Waals surface area contributed by atoms with E-state index in [1.54, 1.807) is 32.9 Å². The number of rotatable bonds is 11. The topological polar surface area (TPSA) is 190 Å². The van der Waals surface area contributed by atoms with Gasteiger partial charge >= 0.3 is 12.1 Å². The van der Waals surface area contributed by atoms with Gasteiger partial charge in [0.2, 0.25) is 11.8 Å². The van der Waals surface area contributed by atoms with E-state index in [1.807, 2.05) is 30.3 Å². The molecule has 1 aliphatic heterocycles. The zero-order valence-electron chi connectivity index (χ0n) is 30.1. The highest BCUT2D eigenvalue weighted by Crippen LogP contribution is 2.45. The third-order valence-electron chi connectivity index (χ3n) is 10.3. The first-order valence-electron chi connectivity index (χ1n) is 18.0. The number of alkyl carbamates (subject to hydrolysis) is 1. The van der Waals surface area contributed by atoms with Gasteiger partial charge in [-0.05, 0) is 52.0 Å². The second kappa shape index (κ2) is 14.8. The Kier molecular flexibility index (Phi) is 10.4. The second-order valence-corrected chi connectivity index (χ2v) is 15.1. The Bertz CT molecular complexity index is 1920. The molecule has 280 valence electrons. The average molecular weight is 728 g/mol. The Morgan fingerprint density at radius 3 is 2.43 bits per heavy atom. The lowest BCUT2D eigenvalue weighted by Gasteiger charge is -2.35. The Morgan fingerprint density at radius 2 is 1.81 bits per heavy atom. The predicted octanol–water partition coefficient (Wildman–Crippen LogP) is 5.78. The first-order valence-corrected chi connectivity index (χ1v) is 18.0. The minimum Gasteiger partial charge on any atom is -0.488 e. The lowest BCUT2D eigenvalue weighted by atomic mass is 9.83.